The second-order valence-electron chi connectivity index (χ2n) is 3.49. The molecule has 0 aliphatic carbocycles. The van der Waals surface area contributed by atoms with Crippen LogP contribution >= 0.6 is 0 Å². The predicted molar refractivity (Wildman–Crippen MR) is 55.1 cm³/mol. The quantitative estimate of drug-likeness (QED) is 0.679. The maximum absolute atomic E-state index is 4.29. The third-order valence-electron chi connectivity index (χ3n) is 2.60. The lowest BCUT2D eigenvalue weighted by Gasteiger charge is -2.05. The number of fused-ring (bicyclic) bond motifs is 2. The van der Waals surface area contributed by atoms with Crippen LogP contribution in [0.15, 0.2) is 36.5 Å². The summed E-state index contributed by atoms with van der Waals surface area (Å²) in [6, 6.07) is 10.4. The van der Waals surface area contributed by atoms with Crippen LogP contribution in [0.25, 0.3) is 0 Å². The fourth-order valence-corrected chi connectivity index (χ4v) is 1.83. The molecule has 2 aromatic rings. The van der Waals surface area contributed by atoms with Gasteiger partial charge in [0.1, 0.15) is 0 Å². The maximum Gasteiger partial charge on any atom is 0.0683 e. The largest absolute Gasteiger partial charge is 0.379 e. The van der Waals surface area contributed by atoms with Crippen molar-refractivity contribution >= 4 is 5.69 Å². The Kier molecular flexibility index (Phi) is 1.56. The second kappa shape index (κ2) is 2.87. The van der Waals surface area contributed by atoms with Crippen LogP contribution in [0.2, 0.25) is 0 Å². The van der Waals surface area contributed by atoms with Crippen LogP contribution < -0.4 is 5.32 Å². The highest BCUT2D eigenvalue weighted by Crippen LogP contribution is 2.20. The van der Waals surface area contributed by atoms with Crippen LogP contribution in [0, 0.1) is 0 Å². The zero-order chi connectivity index (χ0) is 9.38. The molecule has 2 heterocycles. The Morgan fingerprint density at radius 3 is 3.14 bits per heavy atom. The summed E-state index contributed by atoms with van der Waals surface area (Å²) >= 11 is 0. The van der Waals surface area contributed by atoms with Crippen LogP contribution in [0.3, 0.4) is 0 Å². The van der Waals surface area contributed by atoms with E-state index in [1.165, 1.54) is 16.9 Å². The molecule has 1 aliphatic heterocycles. The van der Waals surface area contributed by atoms with Gasteiger partial charge in [-0.3, -0.25) is 4.68 Å². The number of hydrogen-bond acceptors (Lipinski definition) is 2. The summed E-state index contributed by atoms with van der Waals surface area (Å²) in [5.41, 5.74) is 3.76. The first kappa shape index (κ1) is 7.62. The Hall–Kier alpha value is -1.77. The predicted octanol–water partition coefficient (Wildman–Crippen LogP) is 1.86. The Labute approximate surface area is 82.4 Å². The Morgan fingerprint density at radius 1 is 1.21 bits per heavy atom. The summed E-state index contributed by atoms with van der Waals surface area (Å²) in [6.07, 6.45) is 1.85. The van der Waals surface area contributed by atoms with Gasteiger partial charge in [0, 0.05) is 11.9 Å². The van der Waals surface area contributed by atoms with Gasteiger partial charge in [0.25, 0.3) is 0 Å². The van der Waals surface area contributed by atoms with Crippen molar-refractivity contribution in [1.82, 2.24) is 9.78 Å². The standard InChI is InChI=1S/C11H11N3/c1-2-4-11-9(3-1)8-14-10(7-12-11)5-6-13-14/h1-6,12H,7-8H2. The number of para-hydroxylation sites is 1. The van der Waals surface area contributed by atoms with Crippen LogP contribution in [-0.4, -0.2) is 9.78 Å². The molecule has 3 rings (SSSR count). The van der Waals surface area contributed by atoms with Gasteiger partial charge in [0.2, 0.25) is 0 Å². The second-order valence-corrected chi connectivity index (χ2v) is 3.49. The molecule has 0 amide bonds. The summed E-state index contributed by atoms with van der Waals surface area (Å²) in [4.78, 5) is 0. The fraction of sp³-hybridized carbons (Fsp3) is 0.182. The van der Waals surface area contributed by atoms with Crippen LogP contribution in [0.5, 0.6) is 0 Å². The summed E-state index contributed by atoms with van der Waals surface area (Å²) < 4.78 is 2.04. The lowest BCUT2D eigenvalue weighted by molar-refractivity contribution is 0.663. The number of hydrogen-bond donors (Lipinski definition) is 1. The van der Waals surface area contributed by atoms with Crippen molar-refractivity contribution in [2.45, 2.75) is 13.1 Å². The molecule has 0 saturated carbocycles. The number of nitrogens with one attached hydrogen (secondary N) is 1. The lowest BCUT2D eigenvalue weighted by Crippen LogP contribution is -2.03. The molecule has 0 atom stereocenters. The van der Waals surface area contributed by atoms with E-state index in [-0.39, 0.29) is 0 Å². The molecule has 0 spiro atoms. The van der Waals surface area contributed by atoms with Gasteiger partial charge in [0.05, 0.1) is 18.8 Å². The first-order chi connectivity index (χ1) is 6.93. The maximum atomic E-state index is 4.29. The smallest absolute Gasteiger partial charge is 0.0683 e. The highest BCUT2D eigenvalue weighted by molar-refractivity contribution is 5.52. The van der Waals surface area contributed by atoms with Gasteiger partial charge in [-0.2, -0.15) is 5.10 Å². The SMILES string of the molecule is c1ccc2c(c1)Cn1nccc1CN2. The summed E-state index contributed by atoms with van der Waals surface area (Å²) in [7, 11) is 0. The van der Waals surface area contributed by atoms with Gasteiger partial charge in [-0.05, 0) is 17.7 Å². The molecule has 1 aromatic heterocycles. The van der Waals surface area contributed by atoms with E-state index >= 15 is 0 Å². The number of benzene rings is 1. The van der Waals surface area contributed by atoms with E-state index in [0.29, 0.717) is 0 Å². The van der Waals surface area contributed by atoms with Crippen molar-refractivity contribution in [2.75, 3.05) is 5.32 Å². The molecular formula is C11H11N3. The molecule has 0 saturated heterocycles. The van der Waals surface area contributed by atoms with Crippen LogP contribution in [0.4, 0.5) is 5.69 Å². The minimum Gasteiger partial charge on any atom is -0.379 e. The van der Waals surface area contributed by atoms with Gasteiger partial charge in [-0.1, -0.05) is 18.2 Å². The molecule has 3 heteroatoms. The Balaban J connectivity index is 2.10. The summed E-state index contributed by atoms with van der Waals surface area (Å²) in [6.45, 7) is 1.72. The lowest BCUT2D eigenvalue weighted by atomic mass is 10.2. The number of aromatic nitrogens is 2. The topological polar surface area (TPSA) is 29.9 Å². The molecule has 14 heavy (non-hydrogen) atoms. The fourth-order valence-electron chi connectivity index (χ4n) is 1.83. The zero-order valence-electron chi connectivity index (χ0n) is 7.77. The monoisotopic (exact) mass is 185 g/mol. The van der Waals surface area contributed by atoms with E-state index in [2.05, 4.69) is 40.7 Å². The third-order valence-corrected chi connectivity index (χ3v) is 2.60. The molecule has 0 unspecified atom stereocenters. The molecule has 3 nitrogen and oxygen atoms in total. The van der Waals surface area contributed by atoms with E-state index < -0.39 is 0 Å². The molecule has 1 aliphatic rings. The zero-order valence-corrected chi connectivity index (χ0v) is 7.77. The van der Waals surface area contributed by atoms with Gasteiger partial charge in [0.15, 0.2) is 0 Å². The van der Waals surface area contributed by atoms with E-state index in [1.54, 1.807) is 0 Å². The number of nitrogens with zero attached hydrogens (tertiary/aromatic N) is 2. The van der Waals surface area contributed by atoms with Crippen molar-refractivity contribution < 1.29 is 0 Å². The summed E-state index contributed by atoms with van der Waals surface area (Å²) in [5.74, 6) is 0. The molecule has 1 N–H and O–H groups in total. The molecular weight excluding hydrogens is 174 g/mol. The van der Waals surface area contributed by atoms with Gasteiger partial charge >= 0.3 is 0 Å². The average molecular weight is 185 g/mol. The van der Waals surface area contributed by atoms with Crippen molar-refractivity contribution in [3.8, 4) is 0 Å². The molecule has 70 valence electrons. The average Bonchev–Trinajstić information content (AvgIpc) is 2.58. The van der Waals surface area contributed by atoms with Crippen molar-refractivity contribution in [3.63, 3.8) is 0 Å². The highest BCUT2D eigenvalue weighted by atomic mass is 15.3. The van der Waals surface area contributed by atoms with E-state index in [4.69, 9.17) is 0 Å². The van der Waals surface area contributed by atoms with E-state index in [0.717, 1.165) is 13.1 Å². The Bertz CT molecular complexity index is 459. The highest BCUT2D eigenvalue weighted by Gasteiger charge is 2.10. The van der Waals surface area contributed by atoms with Crippen molar-refractivity contribution in [2.24, 2.45) is 0 Å². The minimum atomic E-state index is 0.858. The van der Waals surface area contributed by atoms with Crippen LogP contribution in [0.1, 0.15) is 11.3 Å². The number of rotatable bonds is 0. The first-order valence-electron chi connectivity index (χ1n) is 4.76. The Morgan fingerprint density at radius 2 is 2.14 bits per heavy atom. The van der Waals surface area contributed by atoms with Gasteiger partial charge in [-0.25, -0.2) is 0 Å². The molecule has 0 radical (unpaired) electrons. The van der Waals surface area contributed by atoms with Crippen molar-refractivity contribution in [1.29, 1.82) is 0 Å². The number of anilines is 1. The van der Waals surface area contributed by atoms with E-state index in [1.807, 2.05) is 10.9 Å². The molecule has 0 bridgehead atoms. The minimum absolute atomic E-state index is 0.858. The summed E-state index contributed by atoms with van der Waals surface area (Å²) in [5, 5.41) is 7.70. The van der Waals surface area contributed by atoms with E-state index in [9.17, 15) is 0 Å². The first-order valence-corrected chi connectivity index (χ1v) is 4.76. The van der Waals surface area contributed by atoms with Gasteiger partial charge in [-0.15, -0.1) is 0 Å². The normalized spacial score (nSPS) is 13.7. The van der Waals surface area contributed by atoms with Gasteiger partial charge < -0.3 is 5.32 Å². The van der Waals surface area contributed by atoms with Crippen LogP contribution in [-0.2, 0) is 13.1 Å². The molecule has 1 aromatic carbocycles. The third kappa shape index (κ3) is 1.09. The molecule has 0 fully saturated rings. The van der Waals surface area contributed by atoms with Crippen molar-refractivity contribution in [3.05, 3.63) is 47.8 Å².